The number of benzene rings is 10. The van der Waals surface area contributed by atoms with Crippen LogP contribution in [-0.4, -0.2) is 4.57 Å². The van der Waals surface area contributed by atoms with Gasteiger partial charge in [0.05, 0.1) is 11.0 Å². The van der Waals surface area contributed by atoms with Crippen molar-refractivity contribution in [1.29, 1.82) is 0 Å². The van der Waals surface area contributed by atoms with E-state index in [2.05, 4.69) is 223 Å². The highest BCUT2D eigenvalue weighted by atomic mass is 32.1. The van der Waals surface area contributed by atoms with E-state index < -0.39 is 0 Å². The Labute approximate surface area is 384 Å². The molecule has 0 amide bonds. The Hall–Kier alpha value is -7.56. The van der Waals surface area contributed by atoms with Gasteiger partial charge in [0.2, 0.25) is 0 Å². The fraction of sp³-hybridized carbons (Fsp3) is 0.0323. The van der Waals surface area contributed by atoms with E-state index in [-0.39, 0.29) is 0 Å². The molecule has 1 aliphatic carbocycles. The third-order valence-electron chi connectivity index (χ3n) is 13.9. The van der Waals surface area contributed by atoms with Crippen LogP contribution in [0.4, 0.5) is 0 Å². The molecule has 65 heavy (non-hydrogen) atoms. The van der Waals surface area contributed by atoms with Gasteiger partial charge in [-0.25, -0.2) is 0 Å². The van der Waals surface area contributed by atoms with Crippen molar-refractivity contribution >= 4 is 102 Å². The normalized spacial score (nSPS) is 13.9. The Morgan fingerprint density at radius 1 is 0.369 bits per heavy atom. The van der Waals surface area contributed by atoms with Crippen molar-refractivity contribution in [3.8, 4) is 39.1 Å². The molecule has 0 bridgehead atoms. The van der Waals surface area contributed by atoms with Crippen molar-refractivity contribution in [2.75, 3.05) is 0 Å². The van der Waals surface area contributed by atoms with Crippen LogP contribution in [0, 0.1) is 0 Å². The molecule has 0 radical (unpaired) electrons. The standard InChI is InChI=1S/C62H39NS2/c1-2-13-38(14-3-1)61-47-19-4-6-21-49(47)62(50-22-7-5-20-48(50)61)43-15-12-16-44(33-43)63-55-29-25-39(41-27-31-59-53(36-41)45-17-8-10-23-57(45)64-59)34-51(55)52-35-40(26-30-56(52)63)42-28-32-60-54(37-42)46-18-9-11-24-58(46)65-60/h1-36,42H,37H2. The summed E-state index contributed by atoms with van der Waals surface area (Å²) in [4.78, 5) is 1.40. The lowest BCUT2D eigenvalue weighted by atomic mass is 9.86. The number of rotatable bonds is 5. The van der Waals surface area contributed by atoms with E-state index in [1.54, 1.807) is 0 Å². The quantitative estimate of drug-likeness (QED) is 0.152. The Morgan fingerprint density at radius 3 is 1.66 bits per heavy atom. The lowest BCUT2D eigenvalue weighted by Gasteiger charge is -2.19. The van der Waals surface area contributed by atoms with Crippen LogP contribution in [0.15, 0.2) is 212 Å². The van der Waals surface area contributed by atoms with Crippen LogP contribution < -0.4 is 0 Å². The summed E-state index contributed by atoms with van der Waals surface area (Å²) in [6.45, 7) is 0. The first kappa shape index (κ1) is 36.9. The fourth-order valence-corrected chi connectivity index (χ4v) is 13.2. The summed E-state index contributed by atoms with van der Waals surface area (Å²) in [5, 5.41) is 11.7. The molecule has 0 spiro atoms. The summed E-state index contributed by atoms with van der Waals surface area (Å²) in [7, 11) is 0. The molecule has 14 rings (SSSR count). The minimum Gasteiger partial charge on any atom is -0.309 e. The zero-order valence-electron chi connectivity index (χ0n) is 35.3. The molecule has 1 aliphatic rings. The van der Waals surface area contributed by atoms with Crippen LogP contribution in [0.25, 0.3) is 119 Å². The van der Waals surface area contributed by atoms with E-state index in [1.165, 1.54) is 123 Å². The molecule has 0 aliphatic heterocycles. The SMILES string of the molecule is C1=CC(c2ccc3c(c2)c2cc(-c4ccc5sc6ccccc6c5c4)ccc2n3-c2cccc(-c3c4ccccc4c(-c4ccccc4)c4ccccc34)c2)Cc2c1sc1ccccc21. The smallest absolute Gasteiger partial charge is 0.0541 e. The second-order valence-corrected chi connectivity index (χ2v) is 19.7. The number of aromatic nitrogens is 1. The molecule has 3 aromatic heterocycles. The molecular weight excluding hydrogens is 823 g/mol. The average Bonchev–Trinajstić information content (AvgIpc) is 4.04. The second kappa shape index (κ2) is 14.5. The van der Waals surface area contributed by atoms with E-state index in [1.807, 2.05) is 22.7 Å². The van der Waals surface area contributed by atoms with Gasteiger partial charge in [-0.05, 0) is 145 Å². The molecule has 1 unspecified atom stereocenters. The van der Waals surface area contributed by atoms with Crippen LogP contribution in [0.3, 0.4) is 0 Å². The van der Waals surface area contributed by atoms with Gasteiger partial charge in [-0.2, -0.15) is 0 Å². The minimum atomic E-state index is 0.296. The number of hydrogen-bond acceptors (Lipinski definition) is 2. The van der Waals surface area contributed by atoms with Crippen LogP contribution >= 0.6 is 22.7 Å². The first-order valence-corrected chi connectivity index (χ1v) is 24.1. The zero-order valence-corrected chi connectivity index (χ0v) is 37.0. The third kappa shape index (κ3) is 5.76. The Kier molecular flexibility index (Phi) is 8.22. The van der Waals surface area contributed by atoms with E-state index >= 15 is 0 Å². The van der Waals surface area contributed by atoms with Crippen LogP contribution in [-0.2, 0) is 6.42 Å². The predicted octanol–water partition coefficient (Wildman–Crippen LogP) is 18.0. The Morgan fingerprint density at radius 2 is 0.923 bits per heavy atom. The third-order valence-corrected chi connectivity index (χ3v) is 16.3. The molecule has 0 saturated heterocycles. The van der Waals surface area contributed by atoms with Crippen molar-refractivity contribution < 1.29 is 0 Å². The number of hydrogen-bond donors (Lipinski definition) is 0. The lowest BCUT2D eigenvalue weighted by molar-refractivity contribution is 0.838. The highest BCUT2D eigenvalue weighted by Crippen LogP contribution is 2.46. The maximum Gasteiger partial charge on any atom is 0.0541 e. The van der Waals surface area contributed by atoms with Crippen LogP contribution in [0.2, 0.25) is 0 Å². The average molecular weight is 862 g/mol. The molecule has 1 atom stereocenters. The van der Waals surface area contributed by atoms with Crippen molar-refractivity contribution in [3.63, 3.8) is 0 Å². The summed E-state index contributed by atoms with van der Waals surface area (Å²) in [6, 6.07) is 77.1. The molecule has 13 aromatic rings. The van der Waals surface area contributed by atoms with Crippen molar-refractivity contribution in [2.45, 2.75) is 12.3 Å². The van der Waals surface area contributed by atoms with Crippen LogP contribution in [0.1, 0.15) is 21.9 Å². The number of thiophene rings is 2. The molecule has 0 fully saturated rings. The van der Waals surface area contributed by atoms with E-state index in [0.717, 1.165) is 12.1 Å². The Balaban J connectivity index is 0.970. The maximum absolute atomic E-state index is 2.50. The summed E-state index contributed by atoms with van der Waals surface area (Å²) in [5.74, 6) is 0.296. The topological polar surface area (TPSA) is 4.93 Å². The number of fused-ring (bicyclic) bond motifs is 11. The first-order valence-electron chi connectivity index (χ1n) is 22.5. The van der Waals surface area contributed by atoms with Crippen LogP contribution in [0.5, 0.6) is 0 Å². The summed E-state index contributed by atoms with van der Waals surface area (Å²) < 4.78 is 6.54. The number of allylic oxidation sites excluding steroid dienone is 1. The highest BCUT2D eigenvalue weighted by Gasteiger charge is 2.23. The zero-order chi connectivity index (χ0) is 42.6. The summed E-state index contributed by atoms with van der Waals surface area (Å²) >= 11 is 3.79. The van der Waals surface area contributed by atoms with Gasteiger partial charge in [0.25, 0.3) is 0 Å². The second-order valence-electron chi connectivity index (χ2n) is 17.5. The molecular formula is C62H39NS2. The van der Waals surface area contributed by atoms with E-state index in [4.69, 9.17) is 0 Å². The van der Waals surface area contributed by atoms with Gasteiger partial charge in [0, 0.05) is 52.1 Å². The molecule has 10 aromatic carbocycles. The largest absolute Gasteiger partial charge is 0.309 e. The lowest BCUT2D eigenvalue weighted by Crippen LogP contribution is -2.04. The van der Waals surface area contributed by atoms with E-state index in [9.17, 15) is 0 Å². The van der Waals surface area contributed by atoms with E-state index in [0.29, 0.717) is 5.92 Å². The maximum atomic E-state index is 2.50. The van der Waals surface area contributed by atoms with Crippen molar-refractivity contribution in [1.82, 2.24) is 4.57 Å². The number of nitrogens with zero attached hydrogens (tertiary/aromatic N) is 1. The van der Waals surface area contributed by atoms with Gasteiger partial charge in [0.1, 0.15) is 0 Å². The van der Waals surface area contributed by atoms with Crippen molar-refractivity contribution in [3.05, 3.63) is 228 Å². The van der Waals surface area contributed by atoms with Gasteiger partial charge < -0.3 is 4.57 Å². The minimum absolute atomic E-state index is 0.296. The van der Waals surface area contributed by atoms with Gasteiger partial charge >= 0.3 is 0 Å². The highest BCUT2D eigenvalue weighted by molar-refractivity contribution is 7.25. The summed E-state index contributed by atoms with van der Waals surface area (Å²) in [5.41, 5.74) is 13.9. The van der Waals surface area contributed by atoms with Gasteiger partial charge in [0.15, 0.2) is 0 Å². The predicted molar refractivity (Wildman–Crippen MR) is 282 cm³/mol. The summed E-state index contributed by atoms with van der Waals surface area (Å²) in [6.07, 6.45) is 5.81. The van der Waals surface area contributed by atoms with Crippen molar-refractivity contribution in [2.24, 2.45) is 0 Å². The Bertz CT molecular complexity index is 4050. The molecule has 0 saturated carbocycles. The molecule has 0 N–H and O–H groups in total. The van der Waals surface area contributed by atoms with Gasteiger partial charge in [-0.1, -0.05) is 152 Å². The molecule has 1 nitrogen and oxygen atoms in total. The van der Waals surface area contributed by atoms with Gasteiger partial charge in [-0.15, -0.1) is 22.7 Å². The molecule has 3 heteroatoms. The fourth-order valence-electron chi connectivity index (χ4n) is 11.0. The van der Waals surface area contributed by atoms with Gasteiger partial charge in [-0.3, -0.25) is 0 Å². The molecule has 3 heterocycles. The molecule has 304 valence electrons. The first-order chi connectivity index (χ1) is 32.2. The monoisotopic (exact) mass is 861 g/mol.